The zero-order chi connectivity index (χ0) is 13.1. The molecule has 1 unspecified atom stereocenters. The molecule has 0 radical (unpaired) electrons. The Labute approximate surface area is 107 Å². The Kier molecular flexibility index (Phi) is 3.72. The van der Waals surface area contributed by atoms with Gasteiger partial charge >= 0.3 is 0 Å². The van der Waals surface area contributed by atoms with Crippen LogP contribution in [-0.2, 0) is 4.79 Å². The Morgan fingerprint density at radius 3 is 2.39 bits per heavy atom. The van der Waals surface area contributed by atoms with Crippen molar-refractivity contribution in [1.82, 2.24) is 4.90 Å². The fraction of sp³-hybridized carbons (Fsp3) is 0.462. The van der Waals surface area contributed by atoms with E-state index in [4.69, 9.17) is 11.5 Å². The minimum absolute atomic E-state index is 0.194. The minimum atomic E-state index is -0.261. The lowest BCUT2D eigenvalue weighted by Gasteiger charge is -2.38. The van der Waals surface area contributed by atoms with Crippen LogP contribution in [0.15, 0.2) is 24.3 Å². The molecule has 0 bridgehead atoms. The number of primary amides is 1. The summed E-state index contributed by atoms with van der Waals surface area (Å²) in [7, 11) is 0. The molecule has 2 rings (SSSR count). The van der Waals surface area contributed by atoms with Crippen molar-refractivity contribution < 1.29 is 4.79 Å². The van der Waals surface area contributed by atoms with Crippen LogP contribution in [0.5, 0.6) is 0 Å². The standard InChI is InChI=1S/C13H20N4O/c1-10(13(15)18)16-6-8-17(9-7-16)12-5-3-2-4-11(12)14/h2-5,10H,6-9,14H2,1H3,(H2,15,18). The molecule has 1 fully saturated rings. The number of benzene rings is 1. The zero-order valence-electron chi connectivity index (χ0n) is 10.7. The van der Waals surface area contributed by atoms with Gasteiger partial charge in [-0.15, -0.1) is 0 Å². The van der Waals surface area contributed by atoms with Crippen molar-refractivity contribution >= 4 is 17.3 Å². The van der Waals surface area contributed by atoms with E-state index in [0.29, 0.717) is 0 Å². The van der Waals surface area contributed by atoms with E-state index in [2.05, 4.69) is 9.80 Å². The summed E-state index contributed by atoms with van der Waals surface area (Å²) in [6.07, 6.45) is 0. The summed E-state index contributed by atoms with van der Waals surface area (Å²) in [6.45, 7) is 5.25. The number of piperazine rings is 1. The molecule has 5 nitrogen and oxygen atoms in total. The van der Waals surface area contributed by atoms with E-state index >= 15 is 0 Å². The Morgan fingerprint density at radius 1 is 1.22 bits per heavy atom. The van der Waals surface area contributed by atoms with Gasteiger partial charge in [0, 0.05) is 26.2 Å². The highest BCUT2D eigenvalue weighted by molar-refractivity contribution is 5.79. The Morgan fingerprint density at radius 2 is 1.83 bits per heavy atom. The summed E-state index contributed by atoms with van der Waals surface area (Å²) in [6, 6.07) is 7.67. The molecule has 1 aliphatic rings. The van der Waals surface area contributed by atoms with Gasteiger partial charge in [-0.1, -0.05) is 12.1 Å². The summed E-state index contributed by atoms with van der Waals surface area (Å²) in [4.78, 5) is 15.5. The number of nitrogen functional groups attached to an aromatic ring is 1. The van der Waals surface area contributed by atoms with Gasteiger partial charge in [0.25, 0.3) is 0 Å². The molecule has 4 N–H and O–H groups in total. The molecular formula is C13H20N4O. The van der Waals surface area contributed by atoms with Gasteiger partial charge in [0.05, 0.1) is 17.4 Å². The van der Waals surface area contributed by atoms with Crippen LogP contribution in [0.25, 0.3) is 0 Å². The zero-order valence-corrected chi connectivity index (χ0v) is 10.7. The second kappa shape index (κ2) is 5.27. The van der Waals surface area contributed by atoms with E-state index in [-0.39, 0.29) is 11.9 Å². The van der Waals surface area contributed by atoms with Gasteiger partial charge in [-0.25, -0.2) is 0 Å². The van der Waals surface area contributed by atoms with Crippen molar-refractivity contribution in [2.24, 2.45) is 5.73 Å². The van der Waals surface area contributed by atoms with Crippen molar-refractivity contribution in [3.8, 4) is 0 Å². The normalized spacial score (nSPS) is 18.6. The highest BCUT2D eigenvalue weighted by Crippen LogP contribution is 2.23. The molecule has 1 aliphatic heterocycles. The van der Waals surface area contributed by atoms with Gasteiger partial charge in [-0.2, -0.15) is 0 Å². The number of carbonyl (C=O) groups is 1. The van der Waals surface area contributed by atoms with Crippen molar-refractivity contribution in [2.45, 2.75) is 13.0 Å². The van der Waals surface area contributed by atoms with E-state index in [0.717, 1.165) is 37.6 Å². The first-order valence-corrected chi connectivity index (χ1v) is 6.22. The van der Waals surface area contributed by atoms with E-state index in [9.17, 15) is 4.79 Å². The number of nitrogens with zero attached hydrogens (tertiary/aromatic N) is 2. The number of carbonyl (C=O) groups excluding carboxylic acids is 1. The van der Waals surface area contributed by atoms with Gasteiger partial charge in [0.1, 0.15) is 0 Å². The summed E-state index contributed by atoms with van der Waals surface area (Å²) in [5, 5.41) is 0. The summed E-state index contributed by atoms with van der Waals surface area (Å²) < 4.78 is 0. The second-order valence-corrected chi connectivity index (χ2v) is 4.66. The van der Waals surface area contributed by atoms with Crippen LogP contribution in [0, 0.1) is 0 Å². The second-order valence-electron chi connectivity index (χ2n) is 4.66. The molecule has 1 atom stereocenters. The number of hydrogen-bond donors (Lipinski definition) is 2. The van der Waals surface area contributed by atoms with Crippen LogP contribution in [0.1, 0.15) is 6.92 Å². The number of anilines is 2. The van der Waals surface area contributed by atoms with E-state index in [1.807, 2.05) is 31.2 Å². The van der Waals surface area contributed by atoms with Crippen LogP contribution in [0.2, 0.25) is 0 Å². The topological polar surface area (TPSA) is 75.6 Å². The van der Waals surface area contributed by atoms with Crippen LogP contribution in [-0.4, -0.2) is 43.0 Å². The van der Waals surface area contributed by atoms with E-state index in [1.165, 1.54) is 0 Å². The number of rotatable bonds is 3. The van der Waals surface area contributed by atoms with Crippen molar-refractivity contribution in [3.63, 3.8) is 0 Å². The predicted molar refractivity (Wildman–Crippen MR) is 73.3 cm³/mol. The lowest BCUT2D eigenvalue weighted by atomic mass is 10.2. The SMILES string of the molecule is CC(C(N)=O)N1CCN(c2ccccc2N)CC1. The summed E-state index contributed by atoms with van der Waals surface area (Å²) in [5.41, 5.74) is 13.2. The van der Waals surface area contributed by atoms with Crippen LogP contribution < -0.4 is 16.4 Å². The average molecular weight is 248 g/mol. The first-order valence-electron chi connectivity index (χ1n) is 6.22. The highest BCUT2D eigenvalue weighted by Gasteiger charge is 2.24. The van der Waals surface area contributed by atoms with Gasteiger partial charge in [0.15, 0.2) is 0 Å². The van der Waals surface area contributed by atoms with Crippen molar-refractivity contribution in [1.29, 1.82) is 0 Å². The predicted octanol–water partition coefficient (Wildman–Crippen LogP) is 0.265. The Hall–Kier alpha value is -1.75. The smallest absolute Gasteiger partial charge is 0.234 e. The minimum Gasteiger partial charge on any atom is -0.397 e. The quantitative estimate of drug-likeness (QED) is 0.753. The summed E-state index contributed by atoms with van der Waals surface area (Å²) >= 11 is 0. The maximum Gasteiger partial charge on any atom is 0.234 e. The van der Waals surface area contributed by atoms with Crippen molar-refractivity contribution in [3.05, 3.63) is 24.3 Å². The third-order valence-corrected chi connectivity index (χ3v) is 3.55. The molecule has 0 saturated carbocycles. The van der Waals surface area contributed by atoms with Crippen LogP contribution in [0.3, 0.4) is 0 Å². The number of amides is 1. The Bertz CT molecular complexity index is 427. The molecule has 98 valence electrons. The highest BCUT2D eigenvalue weighted by atomic mass is 16.1. The van der Waals surface area contributed by atoms with Gasteiger partial charge < -0.3 is 16.4 Å². The fourth-order valence-corrected chi connectivity index (χ4v) is 2.31. The maximum atomic E-state index is 11.2. The lowest BCUT2D eigenvalue weighted by Crippen LogP contribution is -2.53. The molecule has 0 spiro atoms. The molecule has 0 aromatic heterocycles. The van der Waals surface area contributed by atoms with E-state index < -0.39 is 0 Å². The molecular weight excluding hydrogens is 228 g/mol. The molecule has 18 heavy (non-hydrogen) atoms. The molecule has 1 saturated heterocycles. The number of nitrogens with two attached hydrogens (primary N) is 2. The molecule has 1 heterocycles. The molecule has 5 heteroatoms. The fourth-order valence-electron chi connectivity index (χ4n) is 2.31. The van der Waals surface area contributed by atoms with Gasteiger partial charge in [-0.05, 0) is 19.1 Å². The average Bonchev–Trinajstić information content (AvgIpc) is 2.38. The monoisotopic (exact) mass is 248 g/mol. The molecule has 1 aromatic carbocycles. The van der Waals surface area contributed by atoms with Gasteiger partial charge in [0.2, 0.25) is 5.91 Å². The third kappa shape index (κ3) is 2.56. The third-order valence-electron chi connectivity index (χ3n) is 3.55. The van der Waals surface area contributed by atoms with Crippen molar-refractivity contribution in [2.75, 3.05) is 36.8 Å². The molecule has 1 aromatic rings. The lowest BCUT2D eigenvalue weighted by molar-refractivity contribution is -0.122. The molecule has 1 amide bonds. The maximum absolute atomic E-state index is 11.2. The Balaban J connectivity index is 1.99. The van der Waals surface area contributed by atoms with Gasteiger partial charge in [-0.3, -0.25) is 9.69 Å². The first kappa shape index (κ1) is 12.7. The first-order chi connectivity index (χ1) is 8.59. The van der Waals surface area contributed by atoms with Crippen LogP contribution >= 0.6 is 0 Å². The molecule has 0 aliphatic carbocycles. The number of para-hydroxylation sites is 2. The largest absolute Gasteiger partial charge is 0.397 e. The van der Waals surface area contributed by atoms with Crippen LogP contribution in [0.4, 0.5) is 11.4 Å². The number of hydrogen-bond acceptors (Lipinski definition) is 4. The summed E-state index contributed by atoms with van der Waals surface area (Å²) in [5.74, 6) is -0.261. The van der Waals surface area contributed by atoms with E-state index in [1.54, 1.807) is 0 Å².